The van der Waals surface area contributed by atoms with Gasteiger partial charge in [0.05, 0.1) is 8.07 Å². The van der Waals surface area contributed by atoms with Gasteiger partial charge in [0.2, 0.25) is 0 Å². The van der Waals surface area contributed by atoms with Crippen LogP contribution in [0.1, 0.15) is 13.3 Å². The summed E-state index contributed by atoms with van der Waals surface area (Å²) < 4.78 is 0. The number of hydrogen-bond donors (Lipinski definition) is 0. The zero-order chi connectivity index (χ0) is 11.4. The zero-order valence-electron chi connectivity index (χ0n) is 9.68. The van der Waals surface area contributed by atoms with E-state index in [-0.39, 0.29) is 5.78 Å². The third-order valence-corrected chi connectivity index (χ3v) is 4.09. The number of Topliss-reactive ketones (excluding diaryl/α,β-unsaturated/α-hetero) is 1. The van der Waals surface area contributed by atoms with E-state index in [1.54, 1.807) is 6.08 Å². The van der Waals surface area contributed by atoms with Crippen LogP contribution in [0.25, 0.3) is 0 Å². The summed E-state index contributed by atoms with van der Waals surface area (Å²) in [6.45, 7) is 15.9. The molecule has 0 unspecified atom stereocenters. The van der Waals surface area contributed by atoms with Crippen molar-refractivity contribution < 1.29 is 4.79 Å². The van der Waals surface area contributed by atoms with E-state index in [1.807, 2.05) is 13.0 Å². The second-order valence-corrected chi connectivity index (χ2v) is 9.39. The predicted molar refractivity (Wildman–Crippen MR) is 66.1 cm³/mol. The Balaban J connectivity index is 5.06. The quantitative estimate of drug-likeness (QED) is 0.384. The molecular formula is C12H20OSi. The van der Waals surface area contributed by atoms with Crippen molar-refractivity contribution in [1.29, 1.82) is 0 Å². The SMILES string of the molecule is C=C/C=C(/C(=O)C(=C)CC)[Si](C)(C)C. The fourth-order valence-electron chi connectivity index (χ4n) is 1.14. The summed E-state index contributed by atoms with van der Waals surface area (Å²) in [7, 11) is -1.57. The number of carbonyl (C=O) groups excluding carboxylic acids is 1. The van der Waals surface area contributed by atoms with E-state index < -0.39 is 8.07 Å². The maximum Gasteiger partial charge on any atom is 0.180 e. The molecule has 0 spiro atoms. The number of hydrogen-bond acceptors (Lipinski definition) is 1. The molecule has 0 heterocycles. The van der Waals surface area contributed by atoms with E-state index in [0.29, 0.717) is 5.57 Å². The minimum absolute atomic E-state index is 0.117. The molecule has 78 valence electrons. The third-order valence-electron chi connectivity index (χ3n) is 2.09. The Morgan fingerprint density at radius 1 is 1.36 bits per heavy atom. The van der Waals surface area contributed by atoms with Gasteiger partial charge < -0.3 is 0 Å². The van der Waals surface area contributed by atoms with Gasteiger partial charge in [0.15, 0.2) is 5.78 Å². The first kappa shape index (κ1) is 13.1. The van der Waals surface area contributed by atoms with Crippen LogP contribution >= 0.6 is 0 Å². The summed E-state index contributed by atoms with van der Waals surface area (Å²) in [4.78, 5) is 11.9. The van der Waals surface area contributed by atoms with Crippen LogP contribution in [-0.2, 0) is 4.79 Å². The smallest absolute Gasteiger partial charge is 0.180 e. The van der Waals surface area contributed by atoms with Gasteiger partial charge in [-0.15, -0.1) is 0 Å². The van der Waals surface area contributed by atoms with Gasteiger partial charge in [-0.1, -0.05) is 51.9 Å². The fraction of sp³-hybridized carbons (Fsp3) is 0.417. The van der Waals surface area contributed by atoms with Crippen molar-refractivity contribution in [2.75, 3.05) is 0 Å². The summed E-state index contributed by atoms with van der Waals surface area (Å²) in [6, 6.07) is 0. The van der Waals surface area contributed by atoms with Crippen molar-refractivity contribution in [2.45, 2.75) is 33.0 Å². The van der Waals surface area contributed by atoms with E-state index in [9.17, 15) is 4.79 Å². The highest BCUT2D eigenvalue weighted by Crippen LogP contribution is 2.19. The number of allylic oxidation sites excluding steroid dienone is 4. The molecule has 0 aromatic heterocycles. The monoisotopic (exact) mass is 208 g/mol. The molecule has 2 heteroatoms. The molecule has 0 aliphatic carbocycles. The van der Waals surface area contributed by atoms with Crippen molar-refractivity contribution in [1.82, 2.24) is 0 Å². The number of ketones is 1. The van der Waals surface area contributed by atoms with Crippen LogP contribution in [-0.4, -0.2) is 13.9 Å². The van der Waals surface area contributed by atoms with E-state index in [4.69, 9.17) is 0 Å². The second-order valence-electron chi connectivity index (χ2n) is 4.35. The molecule has 0 saturated heterocycles. The summed E-state index contributed by atoms with van der Waals surface area (Å²) >= 11 is 0. The minimum Gasteiger partial charge on any atom is -0.290 e. The van der Waals surface area contributed by atoms with Crippen LogP contribution in [0.2, 0.25) is 19.6 Å². The highest BCUT2D eigenvalue weighted by Gasteiger charge is 2.25. The van der Waals surface area contributed by atoms with Gasteiger partial charge in [-0.2, -0.15) is 0 Å². The van der Waals surface area contributed by atoms with Gasteiger partial charge in [0.1, 0.15) is 0 Å². The topological polar surface area (TPSA) is 17.1 Å². The highest BCUT2D eigenvalue weighted by atomic mass is 28.3. The Morgan fingerprint density at radius 2 is 1.86 bits per heavy atom. The minimum atomic E-state index is -1.57. The lowest BCUT2D eigenvalue weighted by Crippen LogP contribution is -2.30. The van der Waals surface area contributed by atoms with Gasteiger partial charge in [0, 0.05) is 0 Å². The van der Waals surface area contributed by atoms with E-state index in [2.05, 4.69) is 32.8 Å². The first-order valence-corrected chi connectivity index (χ1v) is 8.40. The van der Waals surface area contributed by atoms with E-state index >= 15 is 0 Å². The number of rotatable bonds is 5. The molecule has 0 bridgehead atoms. The molecule has 1 nitrogen and oxygen atoms in total. The van der Waals surface area contributed by atoms with Crippen LogP contribution < -0.4 is 0 Å². The summed E-state index contributed by atoms with van der Waals surface area (Å²) in [5.74, 6) is 0.117. The Labute approximate surface area is 88.2 Å². The van der Waals surface area contributed by atoms with Crippen LogP contribution in [0.3, 0.4) is 0 Å². The molecule has 0 atom stereocenters. The molecule has 0 aliphatic heterocycles. The average molecular weight is 208 g/mol. The van der Waals surface area contributed by atoms with Gasteiger partial charge in [-0.3, -0.25) is 4.79 Å². The molecule has 0 N–H and O–H groups in total. The standard InChI is InChI=1S/C12H20OSi/c1-7-9-11(14(4,5)6)12(13)10(3)8-2/h7,9H,1,3,8H2,2,4-6H3/b11-9-. The Hall–Kier alpha value is -0.893. The average Bonchev–Trinajstić information content (AvgIpc) is 2.09. The Morgan fingerprint density at radius 3 is 2.14 bits per heavy atom. The Kier molecular flexibility index (Phi) is 4.78. The van der Waals surface area contributed by atoms with Gasteiger partial charge in [-0.25, -0.2) is 0 Å². The first-order valence-electron chi connectivity index (χ1n) is 4.90. The molecular weight excluding hydrogens is 188 g/mol. The van der Waals surface area contributed by atoms with Crippen LogP contribution in [0, 0.1) is 0 Å². The largest absolute Gasteiger partial charge is 0.290 e. The van der Waals surface area contributed by atoms with Gasteiger partial charge in [0.25, 0.3) is 0 Å². The van der Waals surface area contributed by atoms with Crippen LogP contribution in [0.5, 0.6) is 0 Å². The van der Waals surface area contributed by atoms with Crippen molar-refractivity contribution >= 4 is 13.9 Å². The number of carbonyl (C=O) groups is 1. The van der Waals surface area contributed by atoms with E-state index in [0.717, 1.165) is 11.6 Å². The van der Waals surface area contributed by atoms with Crippen molar-refractivity contribution in [3.63, 3.8) is 0 Å². The first-order chi connectivity index (χ1) is 6.34. The summed E-state index contributed by atoms with van der Waals surface area (Å²) in [5, 5.41) is 0.916. The van der Waals surface area contributed by atoms with Crippen LogP contribution in [0.15, 0.2) is 36.1 Å². The van der Waals surface area contributed by atoms with Crippen molar-refractivity contribution in [3.05, 3.63) is 36.1 Å². The zero-order valence-corrected chi connectivity index (χ0v) is 10.7. The highest BCUT2D eigenvalue weighted by molar-refractivity contribution is 6.87. The van der Waals surface area contributed by atoms with Crippen LogP contribution in [0.4, 0.5) is 0 Å². The Bertz CT molecular complexity index is 279. The molecule has 0 saturated carbocycles. The van der Waals surface area contributed by atoms with Gasteiger partial charge in [-0.05, 0) is 17.2 Å². The molecule has 0 aromatic carbocycles. The maximum absolute atomic E-state index is 11.9. The lowest BCUT2D eigenvalue weighted by molar-refractivity contribution is -0.111. The lowest BCUT2D eigenvalue weighted by atomic mass is 10.1. The molecule has 0 rings (SSSR count). The molecule has 0 fully saturated rings. The van der Waals surface area contributed by atoms with Gasteiger partial charge >= 0.3 is 0 Å². The third kappa shape index (κ3) is 3.46. The molecule has 0 amide bonds. The second kappa shape index (κ2) is 5.10. The van der Waals surface area contributed by atoms with E-state index in [1.165, 1.54) is 0 Å². The van der Waals surface area contributed by atoms with Crippen molar-refractivity contribution in [3.8, 4) is 0 Å². The normalized spacial score (nSPS) is 12.4. The maximum atomic E-state index is 11.9. The molecule has 0 radical (unpaired) electrons. The molecule has 0 aromatic rings. The molecule has 14 heavy (non-hydrogen) atoms. The summed E-state index contributed by atoms with van der Waals surface area (Å²) in [6.07, 6.45) is 4.25. The fourth-order valence-corrected chi connectivity index (χ4v) is 2.61. The summed E-state index contributed by atoms with van der Waals surface area (Å²) in [5.41, 5.74) is 0.695. The van der Waals surface area contributed by atoms with Crippen molar-refractivity contribution in [2.24, 2.45) is 0 Å². The predicted octanol–water partition coefficient (Wildman–Crippen LogP) is 3.51. The molecule has 0 aliphatic rings. The lowest BCUT2D eigenvalue weighted by Gasteiger charge is -2.20.